The highest BCUT2D eigenvalue weighted by molar-refractivity contribution is 5.96. The van der Waals surface area contributed by atoms with Crippen molar-refractivity contribution in [2.45, 2.75) is 25.7 Å². The number of morpholine rings is 1. The maximum Gasteiger partial charge on any atom is 0.271 e. The Hall–Kier alpha value is -3.68. The summed E-state index contributed by atoms with van der Waals surface area (Å²) >= 11 is 0. The smallest absolute Gasteiger partial charge is 0.271 e. The molecular weight excluding hydrogens is 508 g/mol. The summed E-state index contributed by atoms with van der Waals surface area (Å²) in [6.07, 6.45) is -0.325. The average Bonchev–Trinajstić information content (AvgIpc) is 3.54. The number of rotatable bonds is 8. The summed E-state index contributed by atoms with van der Waals surface area (Å²) in [6.45, 7) is 3.62. The van der Waals surface area contributed by atoms with E-state index in [0.29, 0.717) is 70.0 Å². The zero-order valence-electron chi connectivity index (χ0n) is 21.3. The van der Waals surface area contributed by atoms with E-state index in [0.717, 1.165) is 26.1 Å². The molecule has 1 saturated heterocycles. The quantitative estimate of drug-likeness (QED) is 0.179. The standard InChI is InChI=1S/C27H30N4O8/c28-29-23(33)13-37-20-9-16-19(8-15(20)12-32)27(35)31(3-1-2-30-4-6-36-7-5-30)25-17-10-21-22(39-14-38-21)11-18(17)26(34)24(16)25/h8-11,26,32,34H,1-7,12-14,28H2,(H,29,33). The molecule has 0 saturated carbocycles. The van der Waals surface area contributed by atoms with Crippen LogP contribution in [0.2, 0.25) is 0 Å². The topological polar surface area (TPSA) is 158 Å². The first-order valence-corrected chi connectivity index (χ1v) is 12.9. The summed E-state index contributed by atoms with van der Waals surface area (Å²) in [5.41, 5.74) is 4.56. The van der Waals surface area contributed by atoms with E-state index >= 15 is 0 Å². The van der Waals surface area contributed by atoms with Crippen molar-refractivity contribution in [1.29, 1.82) is 0 Å². The molecule has 2 aromatic carbocycles. The third-order valence-corrected chi connectivity index (χ3v) is 7.51. The number of hydrazine groups is 1. The van der Waals surface area contributed by atoms with Gasteiger partial charge in [-0.25, -0.2) is 5.84 Å². The lowest BCUT2D eigenvalue weighted by molar-refractivity contribution is -0.123. The number of nitrogens with zero attached hydrogens (tertiary/aromatic N) is 2. The maximum absolute atomic E-state index is 14.0. The number of fused-ring (bicyclic) bond motifs is 6. The second kappa shape index (κ2) is 10.5. The van der Waals surface area contributed by atoms with Crippen LogP contribution in [0.5, 0.6) is 17.2 Å². The Kier molecular flexibility index (Phi) is 6.87. The lowest BCUT2D eigenvalue weighted by Gasteiger charge is -2.27. The minimum atomic E-state index is -1.04. The van der Waals surface area contributed by atoms with Crippen molar-refractivity contribution in [1.82, 2.24) is 14.9 Å². The van der Waals surface area contributed by atoms with Crippen molar-refractivity contribution in [3.05, 3.63) is 51.3 Å². The number of carbonyl (C=O) groups is 1. The molecule has 12 nitrogen and oxygen atoms in total. The van der Waals surface area contributed by atoms with Crippen LogP contribution in [0.15, 0.2) is 29.1 Å². The summed E-state index contributed by atoms with van der Waals surface area (Å²) in [4.78, 5) is 28.0. The average molecular weight is 539 g/mol. The highest BCUT2D eigenvalue weighted by Crippen LogP contribution is 2.50. The lowest BCUT2D eigenvalue weighted by Crippen LogP contribution is -2.37. The Balaban J connectivity index is 1.49. The van der Waals surface area contributed by atoms with E-state index in [-0.39, 0.29) is 24.7 Å². The molecule has 1 aliphatic carbocycles. The number of ether oxygens (including phenoxy) is 4. The van der Waals surface area contributed by atoms with Crippen molar-refractivity contribution in [3.63, 3.8) is 0 Å². The summed E-state index contributed by atoms with van der Waals surface area (Å²) in [5.74, 6) is 5.92. The third-order valence-electron chi connectivity index (χ3n) is 7.51. The molecule has 206 valence electrons. The highest BCUT2D eigenvalue weighted by Gasteiger charge is 2.35. The van der Waals surface area contributed by atoms with Gasteiger partial charge in [0.15, 0.2) is 18.1 Å². The Labute approximate surface area is 223 Å². The van der Waals surface area contributed by atoms with Crippen LogP contribution in [0.4, 0.5) is 0 Å². The van der Waals surface area contributed by atoms with Crippen molar-refractivity contribution >= 4 is 16.7 Å². The van der Waals surface area contributed by atoms with Gasteiger partial charge in [-0.1, -0.05) is 0 Å². The fourth-order valence-electron chi connectivity index (χ4n) is 5.59. The van der Waals surface area contributed by atoms with E-state index in [2.05, 4.69) is 4.90 Å². The van der Waals surface area contributed by atoms with Crippen LogP contribution in [0.1, 0.15) is 29.2 Å². The molecule has 1 atom stereocenters. The Morgan fingerprint density at radius 3 is 2.62 bits per heavy atom. The summed E-state index contributed by atoms with van der Waals surface area (Å²) < 4.78 is 23.9. The van der Waals surface area contributed by atoms with E-state index in [4.69, 9.17) is 24.8 Å². The van der Waals surface area contributed by atoms with Crippen molar-refractivity contribution in [2.24, 2.45) is 5.84 Å². The van der Waals surface area contributed by atoms with Gasteiger partial charge >= 0.3 is 0 Å². The second-order valence-corrected chi connectivity index (χ2v) is 9.74. The van der Waals surface area contributed by atoms with Gasteiger partial charge in [0.05, 0.1) is 25.5 Å². The van der Waals surface area contributed by atoms with Crippen molar-refractivity contribution in [3.8, 4) is 28.5 Å². The monoisotopic (exact) mass is 538 g/mol. The Bertz CT molecular complexity index is 1500. The molecule has 0 bridgehead atoms. The predicted molar refractivity (Wildman–Crippen MR) is 139 cm³/mol. The van der Waals surface area contributed by atoms with Crippen LogP contribution in [-0.2, 0) is 22.7 Å². The minimum absolute atomic E-state index is 0.0896. The number of nitrogens with one attached hydrogen (secondary N) is 1. The van der Waals surface area contributed by atoms with Gasteiger partial charge in [-0.05, 0) is 41.6 Å². The van der Waals surface area contributed by atoms with E-state index in [1.54, 1.807) is 22.8 Å². The number of benzene rings is 2. The number of aliphatic hydroxyl groups excluding tert-OH is 2. The molecule has 6 rings (SSSR count). The number of aromatic nitrogens is 1. The highest BCUT2D eigenvalue weighted by atomic mass is 16.7. The molecule has 1 aromatic heterocycles. The van der Waals surface area contributed by atoms with Gasteiger partial charge in [0, 0.05) is 48.3 Å². The fourth-order valence-corrected chi connectivity index (χ4v) is 5.59. The van der Waals surface area contributed by atoms with Crippen molar-refractivity contribution < 1.29 is 34.0 Å². The van der Waals surface area contributed by atoms with E-state index < -0.39 is 18.6 Å². The second-order valence-electron chi connectivity index (χ2n) is 9.74. The molecule has 12 heteroatoms. The number of amides is 1. The van der Waals surface area contributed by atoms with Gasteiger partial charge in [0.25, 0.3) is 11.5 Å². The summed E-state index contributed by atoms with van der Waals surface area (Å²) in [7, 11) is 0. The number of hydrogen-bond acceptors (Lipinski definition) is 10. The first-order valence-electron chi connectivity index (χ1n) is 12.9. The fraction of sp³-hybridized carbons (Fsp3) is 0.407. The summed E-state index contributed by atoms with van der Waals surface area (Å²) in [6, 6.07) is 6.72. The lowest BCUT2D eigenvalue weighted by atomic mass is 9.99. The molecule has 2 aliphatic heterocycles. The van der Waals surface area contributed by atoms with Crippen LogP contribution < -0.4 is 31.0 Å². The number of carbonyl (C=O) groups excluding carboxylic acids is 1. The Morgan fingerprint density at radius 1 is 1.10 bits per heavy atom. The molecule has 5 N–H and O–H groups in total. The van der Waals surface area contributed by atoms with Crippen LogP contribution >= 0.6 is 0 Å². The molecule has 39 heavy (non-hydrogen) atoms. The van der Waals surface area contributed by atoms with Crippen LogP contribution in [0.25, 0.3) is 22.0 Å². The van der Waals surface area contributed by atoms with Crippen LogP contribution in [0, 0.1) is 0 Å². The SMILES string of the molecule is NNC(=O)COc1cc2c3c(n(CCCN4CCOCC4)c(=O)c2cc1CO)-c1cc2c(cc1C3O)OCO2. The molecule has 1 unspecified atom stereocenters. The van der Waals surface area contributed by atoms with Gasteiger partial charge in [-0.3, -0.25) is 19.9 Å². The number of hydrogen-bond donors (Lipinski definition) is 4. The molecule has 0 spiro atoms. The third kappa shape index (κ3) is 4.49. The molecule has 1 amide bonds. The molecule has 3 aliphatic rings. The van der Waals surface area contributed by atoms with Gasteiger partial charge in [-0.15, -0.1) is 0 Å². The van der Waals surface area contributed by atoms with Gasteiger partial charge in [-0.2, -0.15) is 0 Å². The number of pyridine rings is 1. The number of aliphatic hydroxyl groups is 2. The van der Waals surface area contributed by atoms with Gasteiger partial charge in [0.2, 0.25) is 6.79 Å². The molecular formula is C27H30N4O8. The van der Waals surface area contributed by atoms with E-state index in [1.165, 1.54) is 0 Å². The van der Waals surface area contributed by atoms with Crippen LogP contribution in [-0.4, -0.2) is 71.8 Å². The number of nitrogens with two attached hydrogens (primary N) is 1. The van der Waals surface area contributed by atoms with E-state index in [1.807, 2.05) is 11.5 Å². The van der Waals surface area contributed by atoms with Gasteiger partial charge < -0.3 is 33.7 Å². The molecule has 1 fully saturated rings. The zero-order chi connectivity index (χ0) is 27.1. The minimum Gasteiger partial charge on any atom is -0.483 e. The Morgan fingerprint density at radius 2 is 1.87 bits per heavy atom. The molecule has 0 radical (unpaired) electrons. The largest absolute Gasteiger partial charge is 0.483 e. The first-order chi connectivity index (χ1) is 19.0. The van der Waals surface area contributed by atoms with E-state index in [9.17, 15) is 19.8 Å². The van der Waals surface area contributed by atoms with Gasteiger partial charge in [0.1, 0.15) is 11.9 Å². The zero-order valence-corrected chi connectivity index (χ0v) is 21.3. The molecule has 3 aromatic rings. The maximum atomic E-state index is 14.0. The summed E-state index contributed by atoms with van der Waals surface area (Å²) in [5, 5.41) is 22.4. The van der Waals surface area contributed by atoms with Crippen molar-refractivity contribution in [2.75, 3.05) is 46.2 Å². The van der Waals surface area contributed by atoms with Crippen LogP contribution in [0.3, 0.4) is 0 Å². The first kappa shape index (κ1) is 25.6. The normalized spacial score (nSPS) is 17.8. The molecule has 3 heterocycles. The predicted octanol–water partition coefficient (Wildman–Crippen LogP) is 0.376.